The third-order valence-electron chi connectivity index (χ3n) is 3.84. The van der Waals surface area contributed by atoms with Crippen molar-refractivity contribution < 1.29 is 19.4 Å². The summed E-state index contributed by atoms with van der Waals surface area (Å²) < 4.78 is 5.63. The quantitative estimate of drug-likeness (QED) is 0.816. The van der Waals surface area contributed by atoms with Crippen LogP contribution in [0.15, 0.2) is 48.8 Å². The van der Waals surface area contributed by atoms with Crippen molar-refractivity contribution in [1.29, 1.82) is 0 Å². The van der Waals surface area contributed by atoms with Gasteiger partial charge in [-0.1, -0.05) is 6.92 Å². The molecule has 6 nitrogen and oxygen atoms in total. The molecule has 0 aliphatic heterocycles. The van der Waals surface area contributed by atoms with E-state index in [4.69, 9.17) is 4.74 Å². The molecule has 6 heteroatoms. The van der Waals surface area contributed by atoms with Crippen molar-refractivity contribution >= 4 is 11.9 Å². The molecule has 1 aromatic carbocycles. The number of aromatic nitrogens is 1. The summed E-state index contributed by atoms with van der Waals surface area (Å²) in [5.74, 6) is -0.863. The van der Waals surface area contributed by atoms with Crippen molar-refractivity contribution in [2.45, 2.75) is 32.4 Å². The molecular formula is C18H20N2O4. The lowest BCUT2D eigenvalue weighted by Gasteiger charge is -2.24. The first kappa shape index (κ1) is 17.5. The highest BCUT2D eigenvalue weighted by Crippen LogP contribution is 2.16. The number of benzene rings is 1. The Labute approximate surface area is 140 Å². The molecule has 1 unspecified atom stereocenters. The highest BCUT2D eigenvalue weighted by atomic mass is 16.5. The van der Waals surface area contributed by atoms with Gasteiger partial charge in [0.2, 0.25) is 0 Å². The van der Waals surface area contributed by atoms with Gasteiger partial charge < -0.3 is 15.2 Å². The van der Waals surface area contributed by atoms with Crippen LogP contribution in [-0.4, -0.2) is 27.5 Å². The number of hydrogen-bond donors (Lipinski definition) is 2. The standard InChI is InChI=1S/C18H20N2O4/c1-3-18(2,17(22)23)20-16(21)14-4-6-15(7-5-14)24-12-13-8-10-19-11-9-13/h4-11H,3,12H2,1-2H3,(H,20,21)(H,22,23). The number of ether oxygens (including phenoxy) is 1. The van der Waals surface area contributed by atoms with Crippen LogP contribution < -0.4 is 10.1 Å². The highest BCUT2D eigenvalue weighted by molar-refractivity contribution is 5.97. The summed E-state index contributed by atoms with van der Waals surface area (Å²) in [5, 5.41) is 11.8. The molecule has 1 heterocycles. The lowest BCUT2D eigenvalue weighted by Crippen LogP contribution is -2.51. The van der Waals surface area contributed by atoms with Crippen molar-refractivity contribution in [1.82, 2.24) is 10.3 Å². The molecule has 0 saturated heterocycles. The number of carbonyl (C=O) groups is 2. The molecule has 0 fully saturated rings. The summed E-state index contributed by atoms with van der Waals surface area (Å²) in [6.45, 7) is 3.60. The van der Waals surface area contributed by atoms with Gasteiger partial charge in [0.1, 0.15) is 17.9 Å². The van der Waals surface area contributed by atoms with Gasteiger partial charge in [0.15, 0.2) is 0 Å². The van der Waals surface area contributed by atoms with E-state index in [2.05, 4.69) is 10.3 Å². The zero-order valence-corrected chi connectivity index (χ0v) is 13.7. The molecule has 1 amide bonds. The maximum absolute atomic E-state index is 12.2. The normalized spacial score (nSPS) is 12.9. The van der Waals surface area contributed by atoms with Crippen LogP contribution in [0.4, 0.5) is 0 Å². The molecule has 24 heavy (non-hydrogen) atoms. The van der Waals surface area contributed by atoms with Gasteiger partial charge in [-0.25, -0.2) is 4.79 Å². The number of nitrogens with zero attached hydrogens (tertiary/aromatic N) is 1. The molecule has 0 aliphatic carbocycles. The van der Waals surface area contributed by atoms with Gasteiger partial charge in [-0.05, 0) is 55.3 Å². The summed E-state index contributed by atoms with van der Waals surface area (Å²) in [6, 6.07) is 10.3. The Morgan fingerprint density at radius 1 is 1.17 bits per heavy atom. The number of pyridine rings is 1. The first-order valence-electron chi connectivity index (χ1n) is 7.62. The van der Waals surface area contributed by atoms with Crippen molar-refractivity contribution in [3.63, 3.8) is 0 Å². The Morgan fingerprint density at radius 2 is 1.79 bits per heavy atom. The van der Waals surface area contributed by atoms with Crippen LogP contribution in [0.25, 0.3) is 0 Å². The molecule has 0 bridgehead atoms. The SMILES string of the molecule is CCC(C)(NC(=O)c1ccc(OCc2ccncc2)cc1)C(=O)O. The Morgan fingerprint density at radius 3 is 2.33 bits per heavy atom. The van der Waals surface area contributed by atoms with Crippen LogP contribution in [0, 0.1) is 0 Å². The lowest BCUT2D eigenvalue weighted by molar-refractivity contribution is -0.143. The lowest BCUT2D eigenvalue weighted by atomic mass is 9.98. The minimum atomic E-state index is -1.28. The fraction of sp³-hybridized carbons (Fsp3) is 0.278. The van der Waals surface area contributed by atoms with E-state index in [9.17, 15) is 14.7 Å². The van der Waals surface area contributed by atoms with E-state index in [0.29, 0.717) is 24.3 Å². The van der Waals surface area contributed by atoms with Crippen LogP contribution >= 0.6 is 0 Å². The van der Waals surface area contributed by atoms with E-state index in [1.807, 2.05) is 12.1 Å². The van der Waals surface area contributed by atoms with E-state index in [0.717, 1.165) is 5.56 Å². The number of hydrogen-bond acceptors (Lipinski definition) is 4. The van der Waals surface area contributed by atoms with Gasteiger partial charge in [-0.2, -0.15) is 0 Å². The summed E-state index contributed by atoms with van der Waals surface area (Å²) in [7, 11) is 0. The molecule has 0 radical (unpaired) electrons. The molecule has 2 rings (SSSR count). The Kier molecular flexibility index (Phi) is 5.52. The fourth-order valence-corrected chi connectivity index (χ4v) is 1.96. The highest BCUT2D eigenvalue weighted by Gasteiger charge is 2.32. The number of carbonyl (C=O) groups excluding carboxylic acids is 1. The summed E-state index contributed by atoms with van der Waals surface area (Å²) in [5.41, 5.74) is 0.0901. The van der Waals surface area contributed by atoms with Crippen LogP contribution in [0.2, 0.25) is 0 Å². The Hall–Kier alpha value is -2.89. The van der Waals surface area contributed by atoms with E-state index in [-0.39, 0.29) is 0 Å². The van der Waals surface area contributed by atoms with E-state index in [1.165, 1.54) is 6.92 Å². The third kappa shape index (κ3) is 4.32. The number of aliphatic carboxylic acids is 1. The third-order valence-corrected chi connectivity index (χ3v) is 3.84. The molecular weight excluding hydrogens is 308 g/mol. The number of nitrogens with one attached hydrogen (secondary N) is 1. The van der Waals surface area contributed by atoms with Gasteiger partial charge in [0, 0.05) is 18.0 Å². The van der Waals surface area contributed by atoms with E-state index < -0.39 is 17.4 Å². The van der Waals surface area contributed by atoms with Gasteiger partial charge in [0.05, 0.1) is 0 Å². The van der Waals surface area contributed by atoms with E-state index >= 15 is 0 Å². The monoisotopic (exact) mass is 328 g/mol. The van der Waals surface area contributed by atoms with Crippen molar-refractivity contribution in [2.24, 2.45) is 0 Å². The molecule has 0 spiro atoms. The van der Waals surface area contributed by atoms with Crippen molar-refractivity contribution in [3.8, 4) is 5.75 Å². The van der Waals surface area contributed by atoms with Crippen molar-refractivity contribution in [2.75, 3.05) is 0 Å². The average Bonchev–Trinajstić information content (AvgIpc) is 2.61. The molecule has 0 saturated carbocycles. The largest absolute Gasteiger partial charge is 0.489 e. The summed E-state index contributed by atoms with van der Waals surface area (Å²) in [6.07, 6.45) is 3.68. The predicted molar refractivity (Wildman–Crippen MR) is 88.8 cm³/mol. The molecule has 1 aromatic heterocycles. The van der Waals surface area contributed by atoms with Gasteiger partial charge in [0.25, 0.3) is 5.91 Å². The second kappa shape index (κ2) is 7.59. The zero-order chi connectivity index (χ0) is 17.6. The minimum absolute atomic E-state index is 0.293. The predicted octanol–water partition coefficient (Wildman–Crippen LogP) is 2.64. The second-order valence-electron chi connectivity index (χ2n) is 5.61. The maximum atomic E-state index is 12.2. The van der Waals surface area contributed by atoms with Crippen LogP contribution in [0.5, 0.6) is 5.75 Å². The smallest absolute Gasteiger partial charge is 0.329 e. The van der Waals surface area contributed by atoms with Crippen LogP contribution in [-0.2, 0) is 11.4 Å². The molecule has 1 atom stereocenters. The van der Waals surface area contributed by atoms with Gasteiger partial charge >= 0.3 is 5.97 Å². The van der Waals surface area contributed by atoms with Crippen LogP contribution in [0.3, 0.4) is 0 Å². The first-order valence-corrected chi connectivity index (χ1v) is 7.62. The first-order chi connectivity index (χ1) is 11.4. The summed E-state index contributed by atoms with van der Waals surface area (Å²) in [4.78, 5) is 27.4. The minimum Gasteiger partial charge on any atom is -0.489 e. The maximum Gasteiger partial charge on any atom is 0.329 e. The number of rotatable bonds is 7. The van der Waals surface area contributed by atoms with Gasteiger partial charge in [-0.15, -0.1) is 0 Å². The zero-order valence-electron chi connectivity index (χ0n) is 13.7. The van der Waals surface area contributed by atoms with Gasteiger partial charge in [-0.3, -0.25) is 9.78 Å². The second-order valence-corrected chi connectivity index (χ2v) is 5.61. The average molecular weight is 328 g/mol. The number of carboxylic acid groups (broad SMARTS) is 1. The van der Waals surface area contributed by atoms with Crippen LogP contribution in [0.1, 0.15) is 36.2 Å². The van der Waals surface area contributed by atoms with E-state index in [1.54, 1.807) is 43.6 Å². The van der Waals surface area contributed by atoms with Crippen molar-refractivity contribution in [3.05, 3.63) is 59.9 Å². The number of amides is 1. The molecule has 0 aliphatic rings. The fourth-order valence-electron chi connectivity index (χ4n) is 1.96. The molecule has 126 valence electrons. The molecule has 2 N–H and O–H groups in total. The number of carboxylic acids is 1. The molecule has 2 aromatic rings. The Bertz CT molecular complexity index is 701. The summed E-state index contributed by atoms with van der Waals surface area (Å²) >= 11 is 0. The topological polar surface area (TPSA) is 88.5 Å². The Balaban J connectivity index is 1.98.